The lowest BCUT2D eigenvalue weighted by Crippen LogP contribution is -2.19. The van der Waals surface area contributed by atoms with Gasteiger partial charge in [0.1, 0.15) is 0 Å². The predicted molar refractivity (Wildman–Crippen MR) is 122 cm³/mol. The highest BCUT2D eigenvalue weighted by Crippen LogP contribution is 2.16. The van der Waals surface area contributed by atoms with Crippen molar-refractivity contribution in [3.8, 4) is 0 Å². The number of hydrogen-bond acceptors (Lipinski definition) is 6. The molecule has 0 aliphatic rings. The molecular weight excluding hydrogens is 428 g/mol. The fourth-order valence-electron chi connectivity index (χ4n) is 2.77. The van der Waals surface area contributed by atoms with E-state index < -0.39 is 17.2 Å². The van der Waals surface area contributed by atoms with Gasteiger partial charge >= 0.3 is 0 Å². The quantitative estimate of drug-likeness (QED) is 0.456. The highest BCUT2D eigenvalue weighted by Gasteiger charge is 2.16. The SMILES string of the molecule is CC(=O)Nc1ccc(NC(=O)c2cc(=O)cc(C(=O)Nc3ccc(NC(C)=O)cc3)o2)cc1. The molecule has 0 bridgehead atoms. The largest absolute Gasteiger partial charge is 0.445 e. The number of hydrogen-bond donors (Lipinski definition) is 4. The summed E-state index contributed by atoms with van der Waals surface area (Å²) in [7, 11) is 0. The average Bonchev–Trinajstić information content (AvgIpc) is 2.75. The number of carbonyl (C=O) groups is 4. The molecule has 10 nitrogen and oxygen atoms in total. The van der Waals surface area contributed by atoms with Crippen molar-refractivity contribution in [1.82, 2.24) is 0 Å². The van der Waals surface area contributed by atoms with Crippen LogP contribution < -0.4 is 26.7 Å². The van der Waals surface area contributed by atoms with Crippen LogP contribution in [0.3, 0.4) is 0 Å². The lowest BCUT2D eigenvalue weighted by Gasteiger charge is -2.09. The molecule has 3 rings (SSSR count). The Morgan fingerprint density at radius 3 is 1.18 bits per heavy atom. The summed E-state index contributed by atoms with van der Waals surface area (Å²) in [6, 6.07) is 14.5. The van der Waals surface area contributed by atoms with Crippen molar-refractivity contribution < 1.29 is 23.6 Å². The standard InChI is InChI=1S/C23H20N4O6/c1-13(28)24-15-3-7-17(8-4-15)26-22(31)20-11-19(30)12-21(33-20)23(32)27-18-9-5-16(6-10-18)25-14(2)29/h3-12H,1-2H3,(H,24,28)(H,25,29)(H,26,31)(H,27,32). The number of rotatable bonds is 6. The Balaban J connectivity index is 1.71. The first-order valence-corrected chi connectivity index (χ1v) is 9.73. The van der Waals surface area contributed by atoms with E-state index in [9.17, 15) is 24.0 Å². The Labute approximate surface area is 188 Å². The summed E-state index contributed by atoms with van der Waals surface area (Å²) in [5.74, 6) is -2.61. The van der Waals surface area contributed by atoms with Crippen molar-refractivity contribution >= 4 is 46.4 Å². The first kappa shape index (κ1) is 22.9. The Kier molecular flexibility index (Phi) is 6.99. The van der Waals surface area contributed by atoms with Crippen LogP contribution in [0.2, 0.25) is 0 Å². The van der Waals surface area contributed by atoms with Gasteiger partial charge in [-0.15, -0.1) is 0 Å². The van der Waals surface area contributed by atoms with E-state index in [0.717, 1.165) is 12.1 Å². The van der Waals surface area contributed by atoms with Gasteiger partial charge < -0.3 is 25.7 Å². The summed E-state index contributed by atoms with van der Waals surface area (Å²) in [6.07, 6.45) is 0. The molecule has 0 fully saturated rings. The third kappa shape index (κ3) is 6.62. The second-order valence-corrected chi connectivity index (χ2v) is 6.95. The highest BCUT2D eigenvalue weighted by molar-refractivity contribution is 6.05. The van der Waals surface area contributed by atoms with Crippen molar-refractivity contribution in [2.75, 3.05) is 21.3 Å². The number of anilines is 4. The fourth-order valence-corrected chi connectivity index (χ4v) is 2.77. The van der Waals surface area contributed by atoms with E-state index in [-0.39, 0.29) is 23.3 Å². The highest BCUT2D eigenvalue weighted by atomic mass is 16.4. The molecule has 4 amide bonds. The van der Waals surface area contributed by atoms with Crippen LogP contribution >= 0.6 is 0 Å². The van der Waals surface area contributed by atoms with Crippen LogP contribution in [-0.2, 0) is 9.59 Å². The molecule has 1 heterocycles. The van der Waals surface area contributed by atoms with E-state index in [0.29, 0.717) is 22.7 Å². The average molecular weight is 448 g/mol. The lowest BCUT2D eigenvalue weighted by molar-refractivity contribution is -0.115. The van der Waals surface area contributed by atoms with E-state index in [1.807, 2.05) is 0 Å². The second kappa shape index (κ2) is 10.1. The zero-order valence-electron chi connectivity index (χ0n) is 17.7. The van der Waals surface area contributed by atoms with Crippen molar-refractivity contribution in [1.29, 1.82) is 0 Å². The molecule has 0 spiro atoms. The number of amides is 4. The summed E-state index contributed by atoms with van der Waals surface area (Å²) in [5.41, 5.74) is 1.31. The molecule has 168 valence electrons. The van der Waals surface area contributed by atoms with Crippen LogP contribution in [0.1, 0.15) is 35.0 Å². The third-order valence-corrected chi connectivity index (χ3v) is 4.14. The van der Waals surface area contributed by atoms with E-state index in [2.05, 4.69) is 21.3 Å². The van der Waals surface area contributed by atoms with Gasteiger partial charge in [-0.05, 0) is 48.5 Å². The molecule has 0 aliphatic heterocycles. The maximum absolute atomic E-state index is 12.5. The third-order valence-electron chi connectivity index (χ3n) is 4.14. The molecule has 2 aromatic carbocycles. The van der Waals surface area contributed by atoms with E-state index >= 15 is 0 Å². The first-order chi connectivity index (χ1) is 15.7. The van der Waals surface area contributed by atoms with Gasteiger partial charge in [-0.2, -0.15) is 0 Å². The fraction of sp³-hybridized carbons (Fsp3) is 0.0870. The summed E-state index contributed by atoms with van der Waals surface area (Å²) >= 11 is 0. The van der Waals surface area contributed by atoms with Gasteiger partial charge in [0.2, 0.25) is 11.8 Å². The monoisotopic (exact) mass is 448 g/mol. The van der Waals surface area contributed by atoms with Gasteiger partial charge in [0, 0.05) is 48.7 Å². The smallest absolute Gasteiger partial charge is 0.291 e. The molecule has 0 atom stereocenters. The van der Waals surface area contributed by atoms with Crippen LogP contribution in [0, 0.1) is 0 Å². The van der Waals surface area contributed by atoms with Gasteiger partial charge in [-0.25, -0.2) is 0 Å². The molecule has 0 radical (unpaired) electrons. The molecule has 4 N–H and O–H groups in total. The summed E-state index contributed by atoms with van der Waals surface area (Å²) in [6.45, 7) is 2.75. The molecule has 33 heavy (non-hydrogen) atoms. The molecule has 0 saturated heterocycles. The van der Waals surface area contributed by atoms with E-state index in [1.165, 1.54) is 13.8 Å². The van der Waals surface area contributed by atoms with E-state index in [4.69, 9.17) is 4.42 Å². The van der Waals surface area contributed by atoms with Crippen molar-refractivity contribution in [2.45, 2.75) is 13.8 Å². The van der Waals surface area contributed by atoms with Gasteiger partial charge in [-0.1, -0.05) is 0 Å². The number of nitrogens with one attached hydrogen (secondary N) is 4. The Morgan fingerprint density at radius 1 is 0.576 bits per heavy atom. The van der Waals surface area contributed by atoms with Gasteiger partial charge in [0.15, 0.2) is 16.9 Å². The molecule has 0 saturated carbocycles. The van der Waals surface area contributed by atoms with Crippen LogP contribution in [0.25, 0.3) is 0 Å². The second-order valence-electron chi connectivity index (χ2n) is 6.95. The molecular formula is C23H20N4O6. The summed E-state index contributed by atoms with van der Waals surface area (Å²) in [5, 5.41) is 10.3. The van der Waals surface area contributed by atoms with Crippen LogP contribution in [0.15, 0.2) is 69.9 Å². The first-order valence-electron chi connectivity index (χ1n) is 9.73. The molecule has 0 aliphatic carbocycles. The number of carbonyl (C=O) groups excluding carboxylic acids is 4. The summed E-state index contributed by atoms with van der Waals surface area (Å²) < 4.78 is 5.34. The van der Waals surface area contributed by atoms with Gasteiger partial charge in [0.25, 0.3) is 11.8 Å². The maximum Gasteiger partial charge on any atom is 0.291 e. The van der Waals surface area contributed by atoms with Gasteiger partial charge in [-0.3, -0.25) is 24.0 Å². The van der Waals surface area contributed by atoms with Crippen LogP contribution in [-0.4, -0.2) is 23.6 Å². The minimum Gasteiger partial charge on any atom is -0.445 e. The van der Waals surface area contributed by atoms with Crippen molar-refractivity contribution in [2.24, 2.45) is 0 Å². The Morgan fingerprint density at radius 2 is 0.879 bits per heavy atom. The van der Waals surface area contributed by atoms with Crippen LogP contribution in [0.4, 0.5) is 22.7 Å². The zero-order chi connectivity index (χ0) is 24.0. The van der Waals surface area contributed by atoms with Crippen molar-refractivity contribution in [3.05, 3.63) is 82.4 Å². The van der Waals surface area contributed by atoms with Crippen LogP contribution in [0.5, 0.6) is 0 Å². The predicted octanol–water partition coefficient (Wildman–Crippen LogP) is 3.06. The lowest BCUT2D eigenvalue weighted by atomic mass is 10.2. The normalized spacial score (nSPS) is 10.1. The minimum atomic E-state index is -0.728. The molecule has 1 aromatic heterocycles. The summed E-state index contributed by atoms with van der Waals surface area (Å²) in [4.78, 5) is 59.2. The Hall–Kier alpha value is -4.73. The number of benzene rings is 2. The van der Waals surface area contributed by atoms with Gasteiger partial charge in [0.05, 0.1) is 0 Å². The minimum absolute atomic E-state index is 0.229. The topological polar surface area (TPSA) is 147 Å². The Bertz CT molecular complexity index is 1170. The molecule has 10 heteroatoms. The van der Waals surface area contributed by atoms with Crippen molar-refractivity contribution in [3.63, 3.8) is 0 Å². The van der Waals surface area contributed by atoms with E-state index in [1.54, 1.807) is 48.5 Å². The molecule has 3 aromatic rings. The molecule has 0 unspecified atom stereocenters. The zero-order valence-corrected chi connectivity index (χ0v) is 17.7. The maximum atomic E-state index is 12.5.